The predicted molar refractivity (Wildman–Crippen MR) is 159 cm³/mol. The van der Waals surface area contributed by atoms with Crippen LogP contribution in [0.15, 0.2) is 74.3 Å². The Kier molecular flexibility index (Phi) is 8.45. The van der Waals surface area contributed by atoms with Gasteiger partial charge in [0.2, 0.25) is 5.76 Å². The van der Waals surface area contributed by atoms with Crippen LogP contribution in [0.4, 0.5) is 5.69 Å². The van der Waals surface area contributed by atoms with Gasteiger partial charge in [0.1, 0.15) is 11.3 Å². The van der Waals surface area contributed by atoms with Gasteiger partial charge in [0.25, 0.3) is 5.91 Å². The summed E-state index contributed by atoms with van der Waals surface area (Å²) in [7, 11) is 1.58. The number of methoxy groups -OCH3 is 1. The zero-order valence-electron chi connectivity index (χ0n) is 22.9. The van der Waals surface area contributed by atoms with Crippen molar-refractivity contribution in [3.63, 3.8) is 0 Å². The summed E-state index contributed by atoms with van der Waals surface area (Å²) in [5.41, 5.74) is 1.72. The standard InChI is InChI=1S/C32H32BrNO6/c1-4-6-7-8-17-39-26-15-9-20(18-27(26)37-3)29-28-30(35)24-19-21(33)10-16-25(24)40-31(28)32(36)34(29)22-11-13-23(14-12-22)38-5-2/h9-16,18-19,29H,4-8,17H2,1-3H3. The Labute approximate surface area is 241 Å². The highest BCUT2D eigenvalue weighted by molar-refractivity contribution is 9.10. The lowest BCUT2D eigenvalue weighted by molar-refractivity contribution is 0.0971. The number of anilines is 1. The third kappa shape index (κ3) is 5.32. The number of hydrogen-bond donors (Lipinski definition) is 0. The molecule has 0 N–H and O–H groups in total. The van der Waals surface area contributed by atoms with Crippen LogP contribution in [0.25, 0.3) is 11.0 Å². The van der Waals surface area contributed by atoms with Gasteiger partial charge in [-0.25, -0.2) is 0 Å². The highest BCUT2D eigenvalue weighted by Crippen LogP contribution is 2.43. The van der Waals surface area contributed by atoms with Crippen molar-refractivity contribution in [3.8, 4) is 17.2 Å². The van der Waals surface area contributed by atoms with Crippen molar-refractivity contribution < 1.29 is 23.4 Å². The van der Waals surface area contributed by atoms with Gasteiger partial charge in [-0.15, -0.1) is 0 Å². The summed E-state index contributed by atoms with van der Waals surface area (Å²) >= 11 is 3.45. The van der Waals surface area contributed by atoms with Gasteiger partial charge in [0, 0.05) is 10.2 Å². The number of halogens is 1. The molecule has 7 nitrogen and oxygen atoms in total. The highest BCUT2D eigenvalue weighted by atomic mass is 79.9. The first-order valence-corrected chi connectivity index (χ1v) is 14.4. The van der Waals surface area contributed by atoms with Crippen molar-refractivity contribution in [3.05, 3.63) is 92.2 Å². The summed E-state index contributed by atoms with van der Waals surface area (Å²) in [4.78, 5) is 29.4. The molecule has 1 aliphatic heterocycles. The summed E-state index contributed by atoms with van der Waals surface area (Å²) < 4.78 is 24.1. The van der Waals surface area contributed by atoms with Gasteiger partial charge in [-0.1, -0.05) is 48.2 Å². The lowest BCUT2D eigenvalue weighted by atomic mass is 9.97. The van der Waals surface area contributed by atoms with Crippen molar-refractivity contribution >= 4 is 38.5 Å². The van der Waals surface area contributed by atoms with Crippen molar-refractivity contribution in [2.75, 3.05) is 25.2 Å². The van der Waals surface area contributed by atoms with Gasteiger partial charge in [0.05, 0.1) is 37.3 Å². The van der Waals surface area contributed by atoms with Crippen molar-refractivity contribution in [1.82, 2.24) is 0 Å². The van der Waals surface area contributed by atoms with E-state index in [9.17, 15) is 9.59 Å². The van der Waals surface area contributed by atoms with Gasteiger partial charge in [0.15, 0.2) is 16.9 Å². The molecule has 40 heavy (non-hydrogen) atoms. The van der Waals surface area contributed by atoms with Crippen LogP contribution in [0.2, 0.25) is 0 Å². The number of amides is 1. The first-order valence-electron chi connectivity index (χ1n) is 13.6. The van der Waals surface area contributed by atoms with E-state index < -0.39 is 6.04 Å². The Morgan fingerprint density at radius 1 is 0.900 bits per heavy atom. The quantitative estimate of drug-likeness (QED) is 0.163. The molecule has 0 radical (unpaired) electrons. The van der Waals surface area contributed by atoms with Crippen LogP contribution in [-0.4, -0.2) is 26.2 Å². The minimum Gasteiger partial charge on any atom is -0.494 e. The van der Waals surface area contributed by atoms with Crippen molar-refractivity contribution in [2.45, 2.75) is 45.6 Å². The molecule has 2 heterocycles. The van der Waals surface area contributed by atoms with Gasteiger partial charge in [-0.3, -0.25) is 14.5 Å². The van der Waals surface area contributed by atoms with Crippen LogP contribution in [0, 0.1) is 0 Å². The van der Waals surface area contributed by atoms with E-state index in [2.05, 4.69) is 22.9 Å². The molecule has 1 aliphatic rings. The van der Waals surface area contributed by atoms with E-state index in [-0.39, 0.29) is 17.1 Å². The zero-order chi connectivity index (χ0) is 28.2. The average Bonchev–Trinajstić information content (AvgIpc) is 3.26. The summed E-state index contributed by atoms with van der Waals surface area (Å²) in [6.07, 6.45) is 4.39. The SMILES string of the molecule is CCCCCCOc1ccc(C2c3c(oc4ccc(Br)cc4c3=O)C(=O)N2c2ccc(OCC)cc2)cc1OC. The van der Waals surface area contributed by atoms with Gasteiger partial charge >= 0.3 is 0 Å². The van der Waals surface area contributed by atoms with E-state index in [1.54, 1.807) is 30.2 Å². The zero-order valence-corrected chi connectivity index (χ0v) is 24.5. The fraction of sp³-hybridized carbons (Fsp3) is 0.312. The van der Waals surface area contributed by atoms with Crippen LogP contribution >= 0.6 is 15.9 Å². The fourth-order valence-corrected chi connectivity index (χ4v) is 5.44. The maximum Gasteiger partial charge on any atom is 0.295 e. The molecule has 0 saturated heterocycles. The number of benzene rings is 3. The third-order valence-electron chi connectivity index (χ3n) is 7.02. The van der Waals surface area contributed by atoms with E-state index in [1.165, 1.54) is 6.42 Å². The molecular weight excluding hydrogens is 574 g/mol. The van der Waals surface area contributed by atoms with Gasteiger partial charge in [-0.05, 0) is 73.5 Å². The summed E-state index contributed by atoms with van der Waals surface area (Å²) in [6, 6.07) is 17.3. The Balaban J connectivity index is 1.61. The van der Waals surface area contributed by atoms with Crippen LogP contribution in [0.5, 0.6) is 17.2 Å². The molecule has 1 amide bonds. The number of ether oxygens (including phenoxy) is 3. The molecule has 0 spiro atoms. The predicted octanol–water partition coefficient (Wildman–Crippen LogP) is 7.67. The maximum atomic E-state index is 13.9. The lowest BCUT2D eigenvalue weighted by Crippen LogP contribution is -2.29. The molecule has 5 rings (SSSR count). The van der Waals surface area contributed by atoms with E-state index in [4.69, 9.17) is 18.6 Å². The molecule has 1 aromatic heterocycles. The molecular formula is C32H32BrNO6. The molecule has 0 bridgehead atoms. The Morgan fingerprint density at radius 2 is 1.70 bits per heavy atom. The second kappa shape index (κ2) is 12.2. The van der Waals surface area contributed by atoms with E-state index in [0.29, 0.717) is 58.2 Å². The normalized spacial score (nSPS) is 14.4. The summed E-state index contributed by atoms with van der Waals surface area (Å²) in [6.45, 7) is 5.21. The number of rotatable bonds is 11. The second-order valence-electron chi connectivity index (χ2n) is 9.64. The number of carbonyl (C=O) groups excluding carboxylic acids is 1. The van der Waals surface area contributed by atoms with E-state index >= 15 is 0 Å². The first-order chi connectivity index (χ1) is 19.5. The molecule has 4 aromatic rings. The van der Waals surface area contributed by atoms with Crippen molar-refractivity contribution in [2.24, 2.45) is 0 Å². The number of fused-ring (bicyclic) bond motifs is 2. The molecule has 1 unspecified atom stereocenters. The summed E-state index contributed by atoms with van der Waals surface area (Å²) in [5, 5.41) is 0.401. The molecule has 8 heteroatoms. The van der Waals surface area contributed by atoms with Gasteiger partial charge < -0.3 is 18.6 Å². The van der Waals surface area contributed by atoms with Crippen molar-refractivity contribution in [1.29, 1.82) is 0 Å². The lowest BCUT2D eigenvalue weighted by Gasteiger charge is -2.26. The topological polar surface area (TPSA) is 78.2 Å². The highest BCUT2D eigenvalue weighted by Gasteiger charge is 2.44. The smallest absolute Gasteiger partial charge is 0.295 e. The third-order valence-corrected chi connectivity index (χ3v) is 7.51. The van der Waals surface area contributed by atoms with E-state index in [1.807, 2.05) is 49.4 Å². The number of nitrogens with zero attached hydrogens (tertiary/aromatic N) is 1. The maximum absolute atomic E-state index is 13.9. The minimum absolute atomic E-state index is 0.0360. The van der Waals surface area contributed by atoms with Crippen LogP contribution in [0.3, 0.4) is 0 Å². The second-order valence-corrected chi connectivity index (χ2v) is 10.6. The monoisotopic (exact) mass is 605 g/mol. The summed E-state index contributed by atoms with van der Waals surface area (Å²) in [5.74, 6) is 1.50. The van der Waals surface area contributed by atoms with Crippen LogP contribution in [-0.2, 0) is 0 Å². The molecule has 0 saturated carbocycles. The minimum atomic E-state index is -0.729. The molecule has 1 atom stereocenters. The Hall–Kier alpha value is -3.78. The Morgan fingerprint density at radius 3 is 2.42 bits per heavy atom. The average molecular weight is 607 g/mol. The molecule has 208 valence electrons. The molecule has 0 fully saturated rings. The van der Waals surface area contributed by atoms with Gasteiger partial charge in [-0.2, -0.15) is 0 Å². The Bertz CT molecular complexity index is 1580. The van der Waals surface area contributed by atoms with E-state index in [0.717, 1.165) is 23.7 Å². The molecule has 3 aromatic carbocycles. The largest absolute Gasteiger partial charge is 0.494 e. The number of hydrogen-bond acceptors (Lipinski definition) is 6. The van der Waals surface area contributed by atoms with Crippen LogP contribution in [0.1, 0.15) is 67.3 Å². The fourth-order valence-electron chi connectivity index (χ4n) is 5.08. The molecule has 0 aliphatic carbocycles. The number of carbonyl (C=O) groups is 1. The first kappa shape index (κ1) is 27.8. The number of unbranched alkanes of at least 4 members (excludes halogenated alkanes) is 3. The van der Waals surface area contributed by atoms with Crippen LogP contribution < -0.4 is 24.5 Å².